The number of nitrogens with one attached hydrogen (secondary N) is 2. The van der Waals surface area contributed by atoms with Crippen LogP contribution in [0.15, 0.2) is 28.4 Å². The van der Waals surface area contributed by atoms with Crippen LogP contribution in [0, 0.1) is 0 Å². The summed E-state index contributed by atoms with van der Waals surface area (Å²) in [4.78, 5) is 13.6. The second-order valence-corrected chi connectivity index (χ2v) is 4.86. The molecule has 0 saturated heterocycles. The van der Waals surface area contributed by atoms with Gasteiger partial charge in [-0.25, -0.2) is 0 Å². The maximum absolute atomic E-state index is 11.0. The number of phenols is 2. The third kappa shape index (κ3) is 2.91. The number of aromatic amines is 1. The van der Waals surface area contributed by atoms with E-state index in [1.54, 1.807) is 5.38 Å². The molecule has 96 valence electrons. The van der Waals surface area contributed by atoms with E-state index in [1.807, 2.05) is 6.92 Å². The van der Waals surface area contributed by atoms with Gasteiger partial charge in [0.25, 0.3) is 0 Å². The van der Waals surface area contributed by atoms with E-state index in [9.17, 15) is 15.0 Å². The summed E-state index contributed by atoms with van der Waals surface area (Å²) in [6.45, 7) is 2.37. The first-order valence-corrected chi connectivity index (χ1v) is 6.36. The van der Waals surface area contributed by atoms with Crippen molar-refractivity contribution < 1.29 is 10.2 Å². The molecule has 1 atom stereocenters. The number of benzene rings is 1. The third-order valence-electron chi connectivity index (χ3n) is 2.65. The van der Waals surface area contributed by atoms with Crippen LogP contribution in [0.1, 0.15) is 24.2 Å². The smallest absolute Gasteiger partial charge is 0.304 e. The lowest BCUT2D eigenvalue weighted by atomic mass is 10.1. The van der Waals surface area contributed by atoms with Gasteiger partial charge in [0.1, 0.15) is 11.5 Å². The first-order chi connectivity index (χ1) is 8.56. The number of hydrogen-bond acceptors (Lipinski definition) is 5. The molecule has 0 aliphatic heterocycles. The molecule has 0 aliphatic rings. The fraction of sp³-hybridized carbons (Fsp3) is 0.250. The first-order valence-electron chi connectivity index (χ1n) is 5.48. The van der Waals surface area contributed by atoms with Crippen LogP contribution in [0.4, 0.5) is 0 Å². The average Bonchev–Trinajstić information content (AvgIpc) is 2.75. The number of aromatic nitrogens is 1. The zero-order valence-electron chi connectivity index (χ0n) is 9.80. The van der Waals surface area contributed by atoms with E-state index in [4.69, 9.17) is 0 Å². The largest absolute Gasteiger partial charge is 0.508 e. The van der Waals surface area contributed by atoms with Gasteiger partial charge in [0.05, 0.1) is 0 Å². The highest BCUT2D eigenvalue weighted by molar-refractivity contribution is 7.07. The van der Waals surface area contributed by atoms with Crippen molar-refractivity contribution in [3.63, 3.8) is 0 Å². The minimum absolute atomic E-state index is 0.0837. The monoisotopic (exact) mass is 266 g/mol. The van der Waals surface area contributed by atoms with E-state index >= 15 is 0 Å². The number of rotatable bonds is 4. The Labute approximate surface area is 108 Å². The Morgan fingerprint density at radius 3 is 2.89 bits per heavy atom. The Bertz CT molecular complexity index is 591. The lowest BCUT2D eigenvalue weighted by Crippen LogP contribution is -2.18. The van der Waals surface area contributed by atoms with Crippen LogP contribution in [0.5, 0.6) is 11.5 Å². The molecule has 2 rings (SSSR count). The van der Waals surface area contributed by atoms with Crippen molar-refractivity contribution in [2.24, 2.45) is 0 Å². The van der Waals surface area contributed by atoms with Crippen LogP contribution in [-0.4, -0.2) is 15.2 Å². The molecule has 1 aromatic heterocycles. The Kier molecular flexibility index (Phi) is 3.69. The van der Waals surface area contributed by atoms with Gasteiger partial charge in [-0.05, 0) is 25.1 Å². The van der Waals surface area contributed by atoms with E-state index < -0.39 is 0 Å². The summed E-state index contributed by atoms with van der Waals surface area (Å²) < 4.78 is 0. The van der Waals surface area contributed by atoms with Crippen molar-refractivity contribution in [3.05, 3.63) is 44.5 Å². The number of hydrogen-bond donors (Lipinski definition) is 4. The topological polar surface area (TPSA) is 85.4 Å². The molecule has 6 heteroatoms. The molecule has 18 heavy (non-hydrogen) atoms. The summed E-state index contributed by atoms with van der Waals surface area (Å²) >= 11 is 1.12. The molecule has 0 amide bonds. The van der Waals surface area contributed by atoms with Gasteiger partial charge in [0.2, 0.25) is 0 Å². The van der Waals surface area contributed by atoms with Gasteiger partial charge < -0.3 is 20.5 Å². The summed E-state index contributed by atoms with van der Waals surface area (Å²) in [6.07, 6.45) is 0. The maximum atomic E-state index is 11.0. The van der Waals surface area contributed by atoms with Gasteiger partial charge in [0.15, 0.2) is 0 Å². The van der Waals surface area contributed by atoms with Crippen molar-refractivity contribution in [2.75, 3.05) is 0 Å². The summed E-state index contributed by atoms with van der Waals surface area (Å²) in [5.74, 6) is 0.243. The van der Waals surface area contributed by atoms with E-state index in [0.717, 1.165) is 17.0 Å². The van der Waals surface area contributed by atoms with E-state index in [0.29, 0.717) is 12.1 Å². The van der Waals surface area contributed by atoms with Gasteiger partial charge in [-0.15, -0.1) is 0 Å². The molecule has 0 bridgehead atoms. The number of phenolic OH excluding ortho intramolecular Hbond substituents is 2. The minimum atomic E-state index is -0.138. The maximum Gasteiger partial charge on any atom is 0.304 e. The van der Waals surface area contributed by atoms with Crippen molar-refractivity contribution >= 4 is 11.3 Å². The zero-order valence-corrected chi connectivity index (χ0v) is 10.6. The summed E-state index contributed by atoms with van der Waals surface area (Å²) in [5, 5.41) is 24.0. The zero-order chi connectivity index (χ0) is 13.1. The highest BCUT2D eigenvalue weighted by Gasteiger charge is 2.11. The predicted octanol–water partition coefficient (Wildman–Crippen LogP) is 1.70. The highest BCUT2D eigenvalue weighted by Crippen LogP contribution is 2.27. The standard InChI is InChI=1S/C12H14N2O3S/c1-7(10-4-9(15)2-3-11(10)16)13-5-8-6-18-12(17)14-8/h2-4,6-7,13,15-16H,5H2,1H3,(H,14,17). The molecule has 1 unspecified atom stereocenters. The van der Waals surface area contributed by atoms with Crippen molar-refractivity contribution in [2.45, 2.75) is 19.5 Å². The molecular formula is C12H14N2O3S. The van der Waals surface area contributed by atoms with Gasteiger partial charge in [-0.1, -0.05) is 11.3 Å². The van der Waals surface area contributed by atoms with Crippen molar-refractivity contribution in [1.82, 2.24) is 10.3 Å². The Morgan fingerprint density at radius 1 is 1.44 bits per heavy atom. The summed E-state index contributed by atoms with van der Waals surface area (Å²) in [5.41, 5.74) is 1.42. The quantitative estimate of drug-likeness (QED) is 0.634. The second-order valence-electron chi connectivity index (χ2n) is 4.02. The first kappa shape index (κ1) is 12.7. The molecule has 2 aromatic rings. The van der Waals surface area contributed by atoms with Crippen LogP contribution in [0.2, 0.25) is 0 Å². The molecule has 0 radical (unpaired) electrons. The summed E-state index contributed by atoms with van der Waals surface area (Å²) in [6, 6.07) is 4.26. The Hall–Kier alpha value is -1.79. The fourth-order valence-electron chi connectivity index (χ4n) is 1.66. The van der Waals surface area contributed by atoms with Crippen LogP contribution in [0.3, 0.4) is 0 Å². The summed E-state index contributed by atoms with van der Waals surface area (Å²) in [7, 11) is 0. The molecule has 5 nitrogen and oxygen atoms in total. The van der Waals surface area contributed by atoms with Crippen LogP contribution in [-0.2, 0) is 6.54 Å². The fourth-order valence-corrected chi connectivity index (χ4v) is 2.24. The van der Waals surface area contributed by atoms with E-state index in [-0.39, 0.29) is 22.4 Å². The lowest BCUT2D eigenvalue weighted by molar-refractivity contribution is 0.440. The number of H-pyrrole nitrogens is 1. The normalized spacial score (nSPS) is 12.5. The lowest BCUT2D eigenvalue weighted by Gasteiger charge is -2.15. The molecular weight excluding hydrogens is 252 g/mol. The molecule has 0 saturated carbocycles. The predicted molar refractivity (Wildman–Crippen MR) is 70.0 cm³/mol. The van der Waals surface area contributed by atoms with Crippen molar-refractivity contribution in [1.29, 1.82) is 0 Å². The van der Waals surface area contributed by atoms with E-state index in [1.165, 1.54) is 18.2 Å². The third-order valence-corrected chi connectivity index (χ3v) is 3.37. The molecule has 0 fully saturated rings. The Balaban J connectivity index is 2.05. The van der Waals surface area contributed by atoms with Crippen molar-refractivity contribution in [3.8, 4) is 11.5 Å². The molecule has 1 aromatic carbocycles. The average molecular weight is 266 g/mol. The van der Waals surface area contributed by atoms with Gasteiger partial charge in [0, 0.05) is 29.2 Å². The van der Waals surface area contributed by atoms with Crippen LogP contribution < -0.4 is 10.2 Å². The Morgan fingerprint density at radius 2 is 2.22 bits per heavy atom. The molecule has 0 spiro atoms. The highest BCUT2D eigenvalue weighted by atomic mass is 32.1. The molecule has 0 aliphatic carbocycles. The minimum Gasteiger partial charge on any atom is -0.508 e. The van der Waals surface area contributed by atoms with Crippen LogP contribution >= 0.6 is 11.3 Å². The van der Waals surface area contributed by atoms with Gasteiger partial charge >= 0.3 is 4.87 Å². The van der Waals surface area contributed by atoms with Gasteiger partial charge in [-0.3, -0.25) is 4.79 Å². The van der Waals surface area contributed by atoms with E-state index in [2.05, 4.69) is 10.3 Å². The molecule has 4 N–H and O–H groups in total. The SMILES string of the molecule is CC(NCc1csc(=O)[nH]1)c1cc(O)ccc1O. The second kappa shape index (κ2) is 5.24. The molecule has 1 heterocycles. The van der Waals surface area contributed by atoms with Gasteiger partial charge in [-0.2, -0.15) is 0 Å². The van der Waals surface area contributed by atoms with Crippen LogP contribution in [0.25, 0.3) is 0 Å². The number of aromatic hydroxyl groups is 2. The number of thiazole rings is 1.